The van der Waals surface area contributed by atoms with Crippen LogP contribution in [-0.2, 0) is 4.74 Å². The number of carbonyl (C=O) groups excluding carboxylic acids is 1. The van der Waals surface area contributed by atoms with Crippen LogP contribution in [0.4, 0.5) is 0 Å². The summed E-state index contributed by atoms with van der Waals surface area (Å²) in [5.41, 5.74) is 0.711. The van der Waals surface area contributed by atoms with Crippen LogP contribution in [0.5, 0.6) is 5.75 Å². The van der Waals surface area contributed by atoms with Crippen molar-refractivity contribution in [1.82, 2.24) is 4.98 Å². The summed E-state index contributed by atoms with van der Waals surface area (Å²) in [6.45, 7) is 1.89. The molecular formula is C13H10N2O3. The summed E-state index contributed by atoms with van der Waals surface area (Å²) in [7, 11) is 0. The van der Waals surface area contributed by atoms with Crippen molar-refractivity contribution in [3.8, 4) is 11.8 Å². The van der Waals surface area contributed by atoms with Crippen LogP contribution < -0.4 is 0 Å². The van der Waals surface area contributed by atoms with Crippen molar-refractivity contribution < 1.29 is 14.6 Å². The Labute approximate surface area is 103 Å². The van der Waals surface area contributed by atoms with Crippen LogP contribution in [0.3, 0.4) is 0 Å². The van der Waals surface area contributed by atoms with Crippen LogP contribution in [0.1, 0.15) is 22.8 Å². The minimum absolute atomic E-state index is 0.000519. The summed E-state index contributed by atoms with van der Waals surface area (Å²) >= 11 is 0. The SMILES string of the molecule is CCOC(=O)c1cnc2c(C#N)cccc2c1O. The van der Waals surface area contributed by atoms with Crippen molar-refractivity contribution in [2.45, 2.75) is 6.92 Å². The second-order valence-corrected chi connectivity index (χ2v) is 3.55. The van der Waals surface area contributed by atoms with Crippen molar-refractivity contribution >= 4 is 16.9 Å². The quantitative estimate of drug-likeness (QED) is 0.814. The molecule has 0 bridgehead atoms. The Kier molecular flexibility index (Phi) is 3.11. The van der Waals surface area contributed by atoms with Gasteiger partial charge in [-0.05, 0) is 19.1 Å². The number of fused-ring (bicyclic) bond motifs is 1. The highest BCUT2D eigenvalue weighted by Crippen LogP contribution is 2.29. The molecule has 0 aliphatic carbocycles. The maximum absolute atomic E-state index is 11.6. The number of carbonyl (C=O) groups is 1. The van der Waals surface area contributed by atoms with Gasteiger partial charge in [-0.1, -0.05) is 6.07 Å². The molecule has 2 aromatic rings. The molecule has 1 aromatic heterocycles. The molecule has 2 rings (SSSR count). The molecule has 5 heteroatoms. The van der Waals surface area contributed by atoms with Gasteiger partial charge in [0.2, 0.25) is 0 Å². The van der Waals surface area contributed by atoms with E-state index in [1.807, 2.05) is 6.07 Å². The molecule has 0 atom stereocenters. The number of rotatable bonds is 2. The van der Waals surface area contributed by atoms with E-state index < -0.39 is 5.97 Å². The fraction of sp³-hybridized carbons (Fsp3) is 0.154. The minimum atomic E-state index is -0.633. The first-order valence-electron chi connectivity index (χ1n) is 5.37. The molecule has 0 radical (unpaired) electrons. The van der Waals surface area contributed by atoms with E-state index in [-0.39, 0.29) is 17.9 Å². The lowest BCUT2D eigenvalue weighted by Crippen LogP contribution is -2.06. The first-order valence-corrected chi connectivity index (χ1v) is 5.37. The molecule has 0 unspecified atom stereocenters. The van der Waals surface area contributed by atoms with Gasteiger partial charge in [0.25, 0.3) is 0 Å². The minimum Gasteiger partial charge on any atom is -0.506 e. The molecule has 18 heavy (non-hydrogen) atoms. The average molecular weight is 242 g/mol. The topological polar surface area (TPSA) is 83.2 Å². The number of ether oxygens (including phenoxy) is 1. The van der Waals surface area contributed by atoms with Crippen molar-refractivity contribution in [2.75, 3.05) is 6.61 Å². The fourth-order valence-electron chi connectivity index (χ4n) is 1.66. The third kappa shape index (κ3) is 1.84. The zero-order valence-corrected chi connectivity index (χ0v) is 9.67. The van der Waals surface area contributed by atoms with E-state index >= 15 is 0 Å². The van der Waals surface area contributed by atoms with Gasteiger partial charge in [-0.15, -0.1) is 0 Å². The van der Waals surface area contributed by atoms with Gasteiger partial charge in [0.05, 0.1) is 17.7 Å². The lowest BCUT2D eigenvalue weighted by atomic mass is 10.1. The van der Waals surface area contributed by atoms with Crippen LogP contribution >= 0.6 is 0 Å². The molecule has 0 aliphatic rings. The van der Waals surface area contributed by atoms with Crippen LogP contribution in [0, 0.1) is 11.3 Å². The smallest absolute Gasteiger partial charge is 0.343 e. The van der Waals surface area contributed by atoms with E-state index in [0.29, 0.717) is 16.5 Å². The van der Waals surface area contributed by atoms with Gasteiger partial charge in [-0.3, -0.25) is 4.98 Å². The van der Waals surface area contributed by atoms with Crippen LogP contribution in [-0.4, -0.2) is 22.7 Å². The van der Waals surface area contributed by atoms with Gasteiger partial charge in [-0.25, -0.2) is 4.79 Å². The number of pyridine rings is 1. The maximum atomic E-state index is 11.6. The summed E-state index contributed by atoms with van der Waals surface area (Å²) in [5.74, 6) is -0.845. The van der Waals surface area contributed by atoms with E-state index in [9.17, 15) is 9.90 Å². The van der Waals surface area contributed by atoms with Gasteiger partial charge in [-0.2, -0.15) is 5.26 Å². The fourth-order valence-corrected chi connectivity index (χ4v) is 1.66. The Morgan fingerprint density at radius 3 is 3.00 bits per heavy atom. The molecule has 1 heterocycles. The number of aromatic hydroxyl groups is 1. The number of esters is 1. The molecule has 0 fully saturated rings. The second kappa shape index (κ2) is 4.72. The molecule has 1 N–H and O–H groups in total. The number of benzene rings is 1. The van der Waals surface area contributed by atoms with E-state index in [4.69, 9.17) is 10.00 Å². The van der Waals surface area contributed by atoms with Crippen molar-refractivity contribution in [2.24, 2.45) is 0 Å². The van der Waals surface area contributed by atoms with Gasteiger partial charge >= 0.3 is 5.97 Å². The Bertz CT molecular complexity index is 659. The Morgan fingerprint density at radius 2 is 2.33 bits per heavy atom. The molecule has 5 nitrogen and oxygen atoms in total. The van der Waals surface area contributed by atoms with Crippen molar-refractivity contribution in [3.05, 3.63) is 35.5 Å². The summed E-state index contributed by atoms with van der Waals surface area (Å²) in [6, 6.07) is 6.80. The van der Waals surface area contributed by atoms with E-state index in [0.717, 1.165) is 0 Å². The molecule has 0 aliphatic heterocycles. The maximum Gasteiger partial charge on any atom is 0.343 e. The highest BCUT2D eigenvalue weighted by atomic mass is 16.5. The van der Waals surface area contributed by atoms with Crippen molar-refractivity contribution in [3.63, 3.8) is 0 Å². The molecule has 90 valence electrons. The number of para-hydroxylation sites is 1. The van der Waals surface area contributed by atoms with Gasteiger partial charge in [0.15, 0.2) is 0 Å². The number of nitriles is 1. The lowest BCUT2D eigenvalue weighted by Gasteiger charge is -2.07. The predicted molar refractivity (Wildman–Crippen MR) is 64.1 cm³/mol. The molecule has 1 aromatic carbocycles. The number of hydrogen-bond donors (Lipinski definition) is 1. The molecular weight excluding hydrogens is 232 g/mol. The largest absolute Gasteiger partial charge is 0.506 e. The Hall–Kier alpha value is -2.61. The van der Waals surface area contributed by atoms with E-state index in [1.54, 1.807) is 25.1 Å². The average Bonchev–Trinajstić information content (AvgIpc) is 2.39. The third-order valence-corrected chi connectivity index (χ3v) is 2.48. The van der Waals surface area contributed by atoms with Crippen LogP contribution in [0.25, 0.3) is 10.9 Å². The van der Waals surface area contributed by atoms with Gasteiger partial charge in [0, 0.05) is 11.6 Å². The van der Waals surface area contributed by atoms with Gasteiger partial charge < -0.3 is 9.84 Å². The third-order valence-electron chi connectivity index (χ3n) is 2.48. The standard InChI is InChI=1S/C13H10N2O3/c1-2-18-13(17)10-7-15-11-8(6-14)4-3-5-9(11)12(10)16/h3-5,7H,2H2,1H3,(H,15,16). The van der Waals surface area contributed by atoms with Crippen molar-refractivity contribution in [1.29, 1.82) is 5.26 Å². The highest BCUT2D eigenvalue weighted by molar-refractivity contribution is 6.00. The zero-order chi connectivity index (χ0) is 13.1. The Morgan fingerprint density at radius 1 is 1.56 bits per heavy atom. The monoisotopic (exact) mass is 242 g/mol. The molecule has 0 amide bonds. The normalized spacial score (nSPS) is 10.0. The lowest BCUT2D eigenvalue weighted by molar-refractivity contribution is 0.0523. The predicted octanol–water partition coefficient (Wildman–Crippen LogP) is 1.99. The number of nitrogens with zero attached hydrogens (tertiary/aromatic N) is 2. The van der Waals surface area contributed by atoms with E-state index in [1.165, 1.54) is 6.20 Å². The number of aromatic nitrogens is 1. The Balaban J connectivity index is 2.66. The summed E-state index contributed by atoms with van der Waals surface area (Å²) in [5, 5.41) is 19.3. The molecule has 0 spiro atoms. The van der Waals surface area contributed by atoms with Crippen LogP contribution in [0.15, 0.2) is 24.4 Å². The second-order valence-electron chi connectivity index (χ2n) is 3.55. The molecule has 0 saturated carbocycles. The van der Waals surface area contributed by atoms with E-state index in [2.05, 4.69) is 4.98 Å². The molecule has 0 saturated heterocycles. The van der Waals surface area contributed by atoms with Crippen LogP contribution in [0.2, 0.25) is 0 Å². The number of hydrogen-bond acceptors (Lipinski definition) is 5. The summed E-state index contributed by atoms with van der Waals surface area (Å²) in [6.07, 6.45) is 1.22. The zero-order valence-electron chi connectivity index (χ0n) is 9.67. The van der Waals surface area contributed by atoms with Gasteiger partial charge in [0.1, 0.15) is 17.4 Å². The first kappa shape index (κ1) is 11.9. The summed E-state index contributed by atoms with van der Waals surface area (Å²) in [4.78, 5) is 15.6. The first-order chi connectivity index (χ1) is 8.69. The summed E-state index contributed by atoms with van der Waals surface area (Å²) < 4.78 is 4.81. The highest BCUT2D eigenvalue weighted by Gasteiger charge is 2.16.